The minimum Gasteiger partial charge on any atom is -0.465 e. The molecule has 0 aliphatic carbocycles. The predicted molar refractivity (Wildman–Crippen MR) is 72.6 cm³/mol. The zero-order valence-electron chi connectivity index (χ0n) is 9.84. The minimum absolute atomic E-state index is 0.0264. The van der Waals surface area contributed by atoms with E-state index < -0.39 is 0 Å². The van der Waals surface area contributed by atoms with E-state index >= 15 is 0 Å². The summed E-state index contributed by atoms with van der Waals surface area (Å²) in [6, 6.07) is 6.98. The van der Waals surface area contributed by atoms with Crippen molar-refractivity contribution in [1.29, 1.82) is 5.41 Å². The van der Waals surface area contributed by atoms with E-state index in [1.807, 2.05) is 6.07 Å². The Morgan fingerprint density at radius 1 is 1.50 bits per heavy atom. The van der Waals surface area contributed by atoms with Crippen LogP contribution < -0.4 is 11.5 Å². The maximum Gasteiger partial charge on any atom is 0.337 e. The lowest BCUT2D eigenvalue weighted by Gasteiger charge is -2.03. The van der Waals surface area contributed by atoms with Gasteiger partial charge in [0.25, 0.3) is 0 Å². The van der Waals surface area contributed by atoms with E-state index in [1.54, 1.807) is 18.2 Å². The summed E-state index contributed by atoms with van der Waals surface area (Å²) in [5.41, 5.74) is 11.7. The molecule has 0 radical (unpaired) electrons. The van der Waals surface area contributed by atoms with Crippen LogP contribution in [0.1, 0.15) is 15.9 Å². The highest BCUT2D eigenvalue weighted by Crippen LogP contribution is 2.15. The molecular weight excluding hydrogens is 252 g/mol. The Labute approximate surface area is 109 Å². The van der Waals surface area contributed by atoms with Crippen molar-refractivity contribution in [3.05, 3.63) is 35.4 Å². The molecule has 0 saturated heterocycles. The number of nitrogens with one attached hydrogen (secondary N) is 1. The number of nitrogens with zero attached hydrogens (tertiary/aromatic N) is 1. The molecule has 96 valence electrons. The summed E-state index contributed by atoms with van der Waals surface area (Å²) in [7, 11) is 1.33. The van der Waals surface area contributed by atoms with Crippen molar-refractivity contribution in [2.24, 2.45) is 16.5 Å². The van der Waals surface area contributed by atoms with E-state index in [1.165, 1.54) is 18.9 Å². The number of methoxy groups -OCH3 is 1. The number of nitrogens with two attached hydrogens (primary N) is 2. The number of rotatable bonds is 3. The summed E-state index contributed by atoms with van der Waals surface area (Å²) < 4.78 is 4.63. The molecule has 0 bridgehead atoms. The fraction of sp³-hybridized carbons (Fsp3) is 0.182. The number of thioether (sulfide) groups is 1. The van der Waals surface area contributed by atoms with Crippen LogP contribution in [-0.2, 0) is 10.5 Å². The van der Waals surface area contributed by atoms with Gasteiger partial charge in [-0.05, 0) is 17.7 Å². The SMILES string of the molecule is COC(=O)c1cccc(CSC(=N)N=C(N)N)c1. The Kier molecular flexibility index (Phi) is 5.19. The molecule has 0 aliphatic rings. The number of aliphatic imine (C=N–C) groups is 1. The van der Waals surface area contributed by atoms with Gasteiger partial charge in [0, 0.05) is 5.75 Å². The quantitative estimate of drug-likeness (QED) is 0.427. The molecule has 0 heterocycles. The van der Waals surface area contributed by atoms with Gasteiger partial charge in [-0.3, -0.25) is 5.41 Å². The highest BCUT2D eigenvalue weighted by Gasteiger charge is 2.06. The van der Waals surface area contributed by atoms with Crippen molar-refractivity contribution in [2.75, 3.05) is 7.11 Å². The van der Waals surface area contributed by atoms with Crippen molar-refractivity contribution >= 4 is 28.9 Å². The zero-order chi connectivity index (χ0) is 13.5. The summed E-state index contributed by atoms with van der Waals surface area (Å²) in [6.45, 7) is 0. The molecule has 5 N–H and O–H groups in total. The third-order valence-electron chi connectivity index (χ3n) is 1.95. The van der Waals surface area contributed by atoms with Gasteiger partial charge in [0.1, 0.15) is 0 Å². The number of benzene rings is 1. The highest BCUT2D eigenvalue weighted by molar-refractivity contribution is 8.13. The molecule has 0 fully saturated rings. The van der Waals surface area contributed by atoms with E-state index in [0.717, 1.165) is 5.56 Å². The molecule has 6 nitrogen and oxygen atoms in total. The second-order valence-electron chi connectivity index (χ2n) is 3.32. The third kappa shape index (κ3) is 4.46. The Bertz CT molecular complexity index is 484. The molecule has 0 atom stereocenters. The van der Waals surface area contributed by atoms with Gasteiger partial charge in [0.2, 0.25) is 0 Å². The van der Waals surface area contributed by atoms with Gasteiger partial charge in [0.05, 0.1) is 12.7 Å². The molecule has 1 aromatic carbocycles. The van der Waals surface area contributed by atoms with Crippen LogP contribution in [0.4, 0.5) is 0 Å². The molecular formula is C11H14N4O2S. The Morgan fingerprint density at radius 2 is 2.22 bits per heavy atom. The monoisotopic (exact) mass is 266 g/mol. The number of esters is 1. The van der Waals surface area contributed by atoms with Crippen LogP contribution in [0.3, 0.4) is 0 Å². The van der Waals surface area contributed by atoms with Crippen LogP contribution in [0.15, 0.2) is 29.3 Å². The Hall–Kier alpha value is -2.02. The van der Waals surface area contributed by atoms with Gasteiger partial charge in [-0.2, -0.15) is 4.99 Å². The van der Waals surface area contributed by atoms with Crippen molar-refractivity contribution in [2.45, 2.75) is 5.75 Å². The standard InChI is InChI=1S/C11H14N4O2S/c1-17-9(16)8-4-2-3-7(5-8)6-18-11(14)15-10(12)13/h2-5H,6H2,1H3,(H5,12,13,14,15). The first-order valence-electron chi connectivity index (χ1n) is 5.01. The first kappa shape index (κ1) is 14.0. The van der Waals surface area contributed by atoms with Crippen molar-refractivity contribution in [3.63, 3.8) is 0 Å². The lowest BCUT2D eigenvalue weighted by Crippen LogP contribution is -2.23. The highest BCUT2D eigenvalue weighted by atomic mass is 32.2. The van der Waals surface area contributed by atoms with Gasteiger partial charge in [-0.1, -0.05) is 23.9 Å². The van der Waals surface area contributed by atoms with E-state index in [9.17, 15) is 4.79 Å². The van der Waals surface area contributed by atoms with Crippen LogP contribution >= 0.6 is 11.8 Å². The number of guanidine groups is 1. The van der Waals surface area contributed by atoms with Crippen LogP contribution in [0.2, 0.25) is 0 Å². The predicted octanol–water partition coefficient (Wildman–Crippen LogP) is 0.915. The largest absolute Gasteiger partial charge is 0.465 e. The van der Waals surface area contributed by atoms with Crippen LogP contribution in [0.5, 0.6) is 0 Å². The maximum absolute atomic E-state index is 11.3. The fourth-order valence-corrected chi connectivity index (χ4v) is 1.86. The summed E-state index contributed by atoms with van der Waals surface area (Å²) in [5, 5.41) is 7.49. The summed E-state index contributed by atoms with van der Waals surface area (Å²) in [4.78, 5) is 14.9. The van der Waals surface area contributed by atoms with Crippen LogP contribution in [-0.4, -0.2) is 24.2 Å². The van der Waals surface area contributed by atoms with Crippen LogP contribution in [0, 0.1) is 5.41 Å². The molecule has 1 rings (SSSR count). The van der Waals surface area contributed by atoms with Gasteiger partial charge >= 0.3 is 5.97 Å². The molecule has 0 unspecified atom stereocenters. The van der Waals surface area contributed by atoms with Crippen molar-refractivity contribution in [3.8, 4) is 0 Å². The molecule has 0 amide bonds. The number of ether oxygens (including phenoxy) is 1. The molecule has 0 aromatic heterocycles. The van der Waals surface area contributed by atoms with Crippen molar-refractivity contribution < 1.29 is 9.53 Å². The van der Waals surface area contributed by atoms with Gasteiger partial charge in [0.15, 0.2) is 11.1 Å². The lowest BCUT2D eigenvalue weighted by atomic mass is 10.1. The first-order valence-corrected chi connectivity index (χ1v) is 5.99. The van der Waals surface area contributed by atoms with Crippen LogP contribution in [0.25, 0.3) is 0 Å². The summed E-state index contributed by atoms with van der Waals surface area (Å²) in [6.07, 6.45) is 0. The number of hydrogen-bond acceptors (Lipinski definition) is 4. The number of carbonyl (C=O) groups excluding carboxylic acids is 1. The molecule has 18 heavy (non-hydrogen) atoms. The molecule has 0 saturated carbocycles. The summed E-state index contributed by atoms with van der Waals surface area (Å²) in [5.74, 6) is -0.0301. The lowest BCUT2D eigenvalue weighted by molar-refractivity contribution is 0.0600. The average molecular weight is 266 g/mol. The molecule has 0 spiro atoms. The molecule has 7 heteroatoms. The van der Waals surface area contributed by atoms with E-state index in [0.29, 0.717) is 11.3 Å². The second-order valence-corrected chi connectivity index (χ2v) is 4.29. The number of amidine groups is 1. The second kappa shape index (κ2) is 6.65. The topological polar surface area (TPSA) is 115 Å². The molecule has 0 aliphatic heterocycles. The third-order valence-corrected chi connectivity index (χ3v) is 2.80. The van der Waals surface area contributed by atoms with E-state index in [2.05, 4.69) is 9.73 Å². The summed E-state index contributed by atoms with van der Waals surface area (Å²) >= 11 is 1.17. The normalized spacial score (nSPS) is 9.61. The molecule has 1 aromatic rings. The van der Waals surface area contributed by atoms with Gasteiger partial charge in [-0.25, -0.2) is 4.79 Å². The minimum atomic E-state index is -0.388. The number of carbonyl (C=O) groups is 1. The zero-order valence-corrected chi connectivity index (χ0v) is 10.7. The first-order chi connectivity index (χ1) is 8.52. The van der Waals surface area contributed by atoms with E-state index in [-0.39, 0.29) is 17.1 Å². The van der Waals surface area contributed by atoms with Gasteiger partial charge < -0.3 is 16.2 Å². The number of hydrogen-bond donors (Lipinski definition) is 3. The van der Waals surface area contributed by atoms with E-state index in [4.69, 9.17) is 16.9 Å². The Morgan fingerprint density at radius 3 is 2.83 bits per heavy atom. The Balaban J connectivity index is 2.66. The van der Waals surface area contributed by atoms with Gasteiger partial charge in [-0.15, -0.1) is 0 Å². The average Bonchev–Trinajstić information content (AvgIpc) is 2.35. The fourth-order valence-electron chi connectivity index (χ4n) is 1.21. The smallest absolute Gasteiger partial charge is 0.337 e. The van der Waals surface area contributed by atoms with Crippen molar-refractivity contribution in [1.82, 2.24) is 0 Å². The maximum atomic E-state index is 11.3.